The van der Waals surface area contributed by atoms with Gasteiger partial charge in [-0.3, -0.25) is 0 Å². The Labute approximate surface area is 144 Å². The zero-order valence-electron chi connectivity index (χ0n) is 13.4. The average Bonchev–Trinajstić information content (AvgIpc) is 2.99. The van der Waals surface area contributed by atoms with E-state index in [1.807, 2.05) is 48.7 Å². The number of aliphatic hydroxyl groups excluding tert-OH is 1. The van der Waals surface area contributed by atoms with Gasteiger partial charge in [0.1, 0.15) is 10.8 Å². The molecule has 1 aromatic carbocycles. The molecule has 122 valence electrons. The van der Waals surface area contributed by atoms with Crippen LogP contribution in [0.2, 0.25) is 0 Å². The highest BCUT2D eigenvalue weighted by atomic mass is 32.1. The lowest BCUT2D eigenvalue weighted by Gasteiger charge is -2.06. The van der Waals surface area contributed by atoms with Crippen LogP contribution in [0.15, 0.2) is 65.0 Å². The first-order valence-corrected chi connectivity index (χ1v) is 8.43. The van der Waals surface area contributed by atoms with E-state index in [2.05, 4.69) is 4.98 Å². The molecule has 1 aliphatic rings. The van der Waals surface area contributed by atoms with Crippen molar-refractivity contribution in [1.29, 1.82) is 0 Å². The number of carbonyl (C=O) groups is 1. The molecular weight excluding hydrogens is 322 g/mol. The molecule has 0 bridgehead atoms. The molecule has 3 rings (SSSR count). The number of aromatic nitrogens is 1. The topological polar surface area (TPSA) is 59.4 Å². The number of rotatable bonds is 3. The molecule has 0 saturated carbocycles. The van der Waals surface area contributed by atoms with Crippen molar-refractivity contribution >= 4 is 22.9 Å². The lowest BCUT2D eigenvalue weighted by Crippen LogP contribution is -2.05. The third kappa shape index (κ3) is 3.46. The van der Waals surface area contributed by atoms with E-state index < -0.39 is 5.97 Å². The van der Waals surface area contributed by atoms with E-state index in [1.165, 1.54) is 17.4 Å². The fourth-order valence-corrected chi connectivity index (χ4v) is 3.19. The van der Waals surface area contributed by atoms with Crippen LogP contribution in [0.1, 0.15) is 25.3 Å². The molecule has 0 radical (unpaired) electrons. The number of allylic oxidation sites excluding steroid dienone is 4. The third-order valence-corrected chi connectivity index (χ3v) is 4.48. The second kappa shape index (κ2) is 6.84. The first-order chi connectivity index (χ1) is 11.5. The molecule has 0 spiro atoms. The van der Waals surface area contributed by atoms with Gasteiger partial charge < -0.3 is 9.84 Å². The van der Waals surface area contributed by atoms with E-state index in [0.29, 0.717) is 22.8 Å². The molecule has 4 nitrogen and oxygen atoms in total. The fourth-order valence-electron chi connectivity index (χ4n) is 2.34. The number of nitrogens with zero attached hydrogens (tertiary/aromatic N) is 1. The van der Waals surface area contributed by atoms with Crippen LogP contribution in [0.4, 0.5) is 0 Å². The molecule has 24 heavy (non-hydrogen) atoms. The Balaban J connectivity index is 1.88. The Morgan fingerprint density at radius 1 is 1.33 bits per heavy atom. The van der Waals surface area contributed by atoms with Crippen LogP contribution in [-0.4, -0.2) is 16.1 Å². The minimum absolute atomic E-state index is 0.0983. The number of hydrogen-bond donors (Lipinski definition) is 1. The summed E-state index contributed by atoms with van der Waals surface area (Å²) >= 11 is 1.42. The molecule has 1 aliphatic heterocycles. The van der Waals surface area contributed by atoms with Crippen LogP contribution < -0.4 is 0 Å². The summed E-state index contributed by atoms with van der Waals surface area (Å²) in [5.74, 6) is 0.0422. The Morgan fingerprint density at radius 2 is 2.08 bits per heavy atom. The van der Waals surface area contributed by atoms with Gasteiger partial charge >= 0.3 is 5.97 Å². The maximum absolute atomic E-state index is 12.4. The smallest absolute Gasteiger partial charge is 0.346 e. The molecule has 0 aliphatic carbocycles. The zero-order valence-corrected chi connectivity index (χ0v) is 14.3. The number of ether oxygens (including phenoxy) is 1. The molecule has 0 unspecified atom stereocenters. The number of carbonyl (C=O) groups excluding carboxylic acids is 1. The van der Waals surface area contributed by atoms with Crippen LogP contribution in [0.5, 0.6) is 0 Å². The Kier molecular flexibility index (Phi) is 4.62. The van der Waals surface area contributed by atoms with Crippen LogP contribution >= 0.6 is 11.3 Å². The van der Waals surface area contributed by atoms with Gasteiger partial charge in [-0.1, -0.05) is 36.4 Å². The normalized spacial score (nSPS) is 15.8. The van der Waals surface area contributed by atoms with Crippen molar-refractivity contribution in [1.82, 2.24) is 4.98 Å². The molecule has 2 heterocycles. The Bertz CT molecular complexity index is 856. The number of benzene rings is 1. The number of cyclic esters (lactones) is 1. The SMILES string of the molecule is CC1=C(/C=C(\C)O)OC(=O)C(c2nc(-c3ccccc3)cs2)=CC1. The van der Waals surface area contributed by atoms with Crippen LogP contribution in [0, 0.1) is 0 Å². The summed E-state index contributed by atoms with van der Waals surface area (Å²) in [6.07, 6.45) is 3.86. The minimum atomic E-state index is -0.451. The number of hydrogen-bond acceptors (Lipinski definition) is 5. The predicted molar refractivity (Wildman–Crippen MR) is 95.3 cm³/mol. The van der Waals surface area contributed by atoms with Crippen molar-refractivity contribution in [2.75, 3.05) is 0 Å². The lowest BCUT2D eigenvalue weighted by molar-refractivity contribution is -0.132. The van der Waals surface area contributed by atoms with Gasteiger partial charge in [0.25, 0.3) is 0 Å². The van der Waals surface area contributed by atoms with Crippen molar-refractivity contribution in [3.05, 3.63) is 70.0 Å². The van der Waals surface area contributed by atoms with Gasteiger partial charge in [-0.25, -0.2) is 9.78 Å². The van der Waals surface area contributed by atoms with Crippen molar-refractivity contribution in [3.8, 4) is 11.3 Å². The van der Waals surface area contributed by atoms with Crippen LogP contribution in [-0.2, 0) is 9.53 Å². The van der Waals surface area contributed by atoms with Gasteiger partial charge in [0.2, 0.25) is 0 Å². The largest absolute Gasteiger partial charge is 0.512 e. The quantitative estimate of drug-likeness (QED) is 0.640. The van der Waals surface area contributed by atoms with E-state index in [4.69, 9.17) is 4.74 Å². The van der Waals surface area contributed by atoms with Crippen molar-refractivity contribution < 1.29 is 14.6 Å². The molecule has 0 atom stereocenters. The molecule has 0 amide bonds. The van der Waals surface area contributed by atoms with Crippen molar-refractivity contribution in [2.45, 2.75) is 20.3 Å². The van der Waals surface area contributed by atoms with E-state index in [9.17, 15) is 9.90 Å². The highest BCUT2D eigenvalue weighted by Gasteiger charge is 2.22. The second-order valence-corrected chi connectivity index (χ2v) is 6.40. The zero-order chi connectivity index (χ0) is 17.1. The van der Waals surface area contributed by atoms with Gasteiger partial charge in [0, 0.05) is 17.0 Å². The maximum Gasteiger partial charge on any atom is 0.346 e. The molecular formula is C19H17NO3S. The molecule has 0 saturated heterocycles. The van der Waals surface area contributed by atoms with Crippen LogP contribution in [0.25, 0.3) is 16.8 Å². The molecule has 1 aromatic heterocycles. The standard InChI is InChI=1S/C19H17NO3S/c1-12-8-9-15(19(22)23-17(12)10-13(2)21)18-20-16(11-24-18)14-6-4-3-5-7-14/h3-7,9-11,21H,8H2,1-2H3/b13-10+. The third-order valence-electron chi connectivity index (χ3n) is 3.60. The first kappa shape index (κ1) is 16.2. The highest BCUT2D eigenvalue weighted by Crippen LogP contribution is 2.30. The summed E-state index contributed by atoms with van der Waals surface area (Å²) in [4.78, 5) is 17.0. The maximum atomic E-state index is 12.4. The molecule has 0 fully saturated rings. The molecule has 5 heteroatoms. The fraction of sp³-hybridized carbons (Fsp3) is 0.158. The summed E-state index contributed by atoms with van der Waals surface area (Å²) in [5.41, 5.74) is 3.19. The summed E-state index contributed by atoms with van der Waals surface area (Å²) in [5, 5.41) is 12.0. The number of aliphatic hydroxyl groups is 1. The van der Waals surface area contributed by atoms with Gasteiger partial charge in [-0.2, -0.15) is 0 Å². The van der Waals surface area contributed by atoms with E-state index in [0.717, 1.165) is 16.8 Å². The Morgan fingerprint density at radius 3 is 2.79 bits per heavy atom. The highest BCUT2D eigenvalue weighted by molar-refractivity contribution is 7.11. The summed E-state index contributed by atoms with van der Waals surface area (Å²) in [6, 6.07) is 9.83. The second-order valence-electron chi connectivity index (χ2n) is 5.55. The molecule has 1 N–H and O–H groups in total. The van der Waals surface area contributed by atoms with Crippen LogP contribution in [0.3, 0.4) is 0 Å². The van der Waals surface area contributed by atoms with E-state index >= 15 is 0 Å². The van der Waals surface area contributed by atoms with Gasteiger partial charge in [0.15, 0.2) is 0 Å². The van der Waals surface area contributed by atoms with Crippen molar-refractivity contribution in [2.24, 2.45) is 0 Å². The average molecular weight is 339 g/mol. The monoisotopic (exact) mass is 339 g/mol. The summed E-state index contributed by atoms with van der Waals surface area (Å²) in [6.45, 7) is 3.42. The minimum Gasteiger partial charge on any atom is -0.512 e. The van der Waals surface area contributed by atoms with E-state index in [-0.39, 0.29) is 5.76 Å². The van der Waals surface area contributed by atoms with Gasteiger partial charge in [-0.15, -0.1) is 11.3 Å². The summed E-state index contributed by atoms with van der Waals surface area (Å²) < 4.78 is 5.42. The molecule has 2 aromatic rings. The lowest BCUT2D eigenvalue weighted by atomic mass is 10.1. The first-order valence-electron chi connectivity index (χ1n) is 7.55. The van der Waals surface area contributed by atoms with Gasteiger partial charge in [0.05, 0.1) is 17.0 Å². The van der Waals surface area contributed by atoms with Crippen molar-refractivity contribution in [3.63, 3.8) is 0 Å². The number of esters is 1. The van der Waals surface area contributed by atoms with Gasteiger partial charge in [-0.05, 0) is 25.8 Å². The van der Waals surface area contributed by atoms with E-state index in [1.54, 1.807) is 6.92 Å². The number of thiazole rings is 1. The Hall–Kier alpha value is -2.66. The predicted octanol–water partition coefficient (Wildman–Crippen LogP) is 4.88. The summed E-state index contributed by atoms with van der Waals surface area (Å²) in [7, 11) is 0.